The van der Waals surface area contributed by atoms with Gasteiger partial charge in [0.05, 0.1) is 24.9 Å². The van der Waals surface area contributed by atoms with Crippen LogP contribution in [-0.4, -0.2) is 38.0 Å². The summed E-state index contributed by atoms with van der Waals surface area (Å²) >= 11 is 0. The first-order valence-corrected chi connectivity index (χ1v) is 9.35. The number of carbonyl (C=O) groups is 1. The first-order chi connectivity index (χ1) is 11.7. The van der Waals surface area contributed by atoms with Gasteiger partial charge in [0.1, 0.15) is 5.75 Å². The SMILES string of the molecule is COc1ccccc1CN1C=C(C(=O)NCC(C)C)C(C)=NS1(=O)=O. The second-order valence-corrected chi connectivity index (χ2v) is 7.71. The molecular formula is C17H23N3O4S. The fourth-order valence-electron chi connectivity index (χ4n) is 2.32. The molecule has 1 aliphatic rings. The summed E-state index contributed by atoms with van der Waals surface area (Å²) in [4.78, 5) is 12.3. The summed E-state index contributed by atoms with van der Waals surface area (Å²) in [6.45, 7) is 6.01. The van der Waals surface area contributed by atoms with Gasteiger partial charge in [0.2, 0.25) is 0 Å². The van der Waals surface area contributed by atoms with E-state index in [1.165, 1.54) is 20.2 Å². The molecule has 0 spiro atoms. The van der Waals surface area contributed by atoms with Crippen LogP contribution in [0.3, 0.4) is 0 Å². The van der Waals surface area contributed by atoms with Crippen LogP contribution in [0.15, 0.2) is 40.4 Å². The molecule has 136 valence electrons. The molecule has 8 heteroatoms. The first-order valence-electron chi connectivity index (χ1n) is 7.95. The van der Waals surface area contributed by atoms with Crippen LogP contribution in [0.2, 0.25) is 0 Å². The number of hydrogen-bond donors (Lipinski definition) is 1. The normalized spacial score (nSPS) is 16.3. The Balaban J connectivity index is 2.30. The fraction of sp³-hybridized carbons (Fsp3) is 0.412. The van der Waals surface area contributed by atoms with E-state index in [1.54, 1.807) is 24.3 Å². The Morgan fingerprint density at radius 2 is 2.00 bits per heavy atom. The van der Waals surface area contributed by atoms with Crippen molar-refractivity contribution in [2.75, 3.05) is 13.7 Å². The smallest absolute Gasteiger partial charge is 0.344 e. The van der Waals surface area contributed by atoms with Crippen molar-refractivity contribution < 1.29 is 17.9 Å². The molecule has 1 N–H and O–H groups in total. The van der Waals surface area contributed by atoms with Crippen molar-refractivity contribution in [3.63, 3.8) is 0 Å². The van der Waals surface area contributed by atoms with Crippen LogP contribution in [0.1, 0.15) is 26.3 Å². The molecule has 0 atom stereocenters. The summed E-state index contributed by atoms with van der Waals surface area (Å²) in [6, 6.07) is 7.12. The lowest BCUT2D eigenvalue weighted by molar-refractivity contribution is -0.117. The third-order valence-electron chi connectivity index (χ3n) is 3.65. The third kappa shape index (κ3) is 4.60. The molecule has 0 bridgehead atoms. The van der Waals surface area contributed by atoms with Gasteiger partial charge in [0, 0.05) is 18.3 Å². The summed E-state index contributed by atoms with van der Waals surface area (Å²) in [5.74, 6) is 0.525. The van der Waals surface area contributed by atoms with Crippen LogP contribution in [0.5, 0.6) is 5.75 Å². The van der Waals surface area contributed by atoms with Crippen molar-refractivity contribution in [1.29, 1.82) is 0 Å². The highest BCUT2D eigenvalue weighted by Gasteiger charge is 2.28. The molecule has 0 radical (unpaired) electrons. The number of benzene rings is 1. The maximum atomic E-state index is 12.4. The van der Waals surface area contributed by atoms with Gasteiger partial charge >= 0.3 is 10.2 Å². The standard InChI is InChI=1S/C17H23N3O4S/c1-12(2)9-18-17(21)15-11-20(25(22,23)19-13(15)3)10-14-7-5-6-8-16(14)24-4/h5-8,11-12H,9-10H2,1-4H3,(H,18,21). The van der Waals surface area contributed by atoms with Gasteiger partial charge in [0.15, 0.2) is 0 Å². The van der Waals surface area contributed by atoms with E-state index in [0.717, 1.165) is 4.31 Å². The Morgan fingerprint density at radius 1 is 1.32 bits per heavy atom. The van der Waals surface area contributed by atoms with Crippen LogP contribution in [0.25, 0.3) is 0 Å². The number of rotatable bonds is 6. The molecule has 0 saturated carbocycles. The van der Waals surface area contributed by atoms with Gasteiger partial charge < -0.3 is 10.1 Å². The predicted octanol–water partition coefficient (Wildman–Crippen LogP) is 1.87. The summed E-state index contributed by atoms with van der Waals surface area (Å²) in [6.07, 6.45) is 1.33. The quantitative estimate of drug-likeness (QED) is 0.834. The van der Waals surface area contributed by atoms with E-state index >= 15 is 0 Å². The van der Waals surface area contributed by atoms with Gasteiger partial charge in [-0.05, 0) is 18.9 Å². The molecule has 1 amide bonds. The molecule has 0 saturated heterocycles. The zero-order chi connectivity index (χ0) is 18.6. The molecule has 1 aliphatic heterocycles. The molecule has 0 aromatic heterocycles. The minimum absolute atomic E-state index is 0.0318. The average molecular weight is 365 g/mol. The third-order valence-corrected chi connectivity index (χ3v) is 4.98. The van der Waals surface area contributed by atoms with E-state index in [4.69, 9.17) is 4.74 Å². The number of nitrogens with one attached hydrogen (secondary N) is 1. The molecular weight excluding hydrogens is 342 g/mol. The molecule has 25 heavy (non-hydrogen) atoms. The second kappa shape index (κ2) is 7.69. The second-order valence-electron chi connectivity index (χ2n) is 6.16. The van der Waals surface area contributed by atoms with Crippen molar-refractivity contribution in [3.05, 3.63) is 41.6 Å². The highest BCUT2D eigenvalue weighted by Crippen LogP contribution is 2.24. The lowest BCUT2D eigenvalue weighted by atomic mass is 10.1. The Morgan fingerprint density at radius 3 is 2.64 bits per heavy atom. The topological polar surface area (TPSA) is 88.1 Å². The summed E-state index contributed by atoms with van der Waals surface area (Å²) in [5, 5.41) is 2.78. The van der Waals surface area contributed by atoms with Crippen molar-refractivity contribution in [1.82, 2.24) is 9.62 Å². The molecule has 0 fully saturated rings. The molecule has 1 aromatic carbocycles. The maximum absolute atomic E-state index is 12.4. The van der Waals surface area contributed by atoms with E-state index < -0.39 is 10.2 Å². The molecule has 2 rings (SSSR count). The van der Waals surface area contributed by atoms with Gasteiger partial charge in [-0.3, -0.25) is 9.10 Å². The van der Waals surface area contributed by atoms with E-state index in [9.17, 15) is 13.2 Å². The van der Waals surface area contributed by atoms with Crippen LogP contribution >= 0.6 is 0 Å². The monoisotopic (exact) mass is 365 g/mol. The van der Waals surface area contributed by atoms with Crippen LogP contribution in [-0.2, 0) is 21.5 Å². The lowest BCUT2D eigenvalue weighted by Gasteiger charge is -2.24. The average Bonchev–Trinajstić information content (AvgIpc) is 2.55. The molecule has 7 nitrogen and oxygen atoms in total. The number of para-hydroxylation sites is 1. The number of amides is 1. The highest BCUT2D eigenvalue weighted by atomic mass is 32.2. The Bertz CT molecular complexity index is 813. The zero-order valence-corrected chi connectivity index (χ0v) is 15.6. The van der Waals surface area contributed by atoms with Gasteiger partial charge in [-0.25, -0.2) is 0 Å². The number of nitrogens with zero attached hydrogens (tertiary/aromatic N) is 2. The van der Waals surface area contributed by atoms with Crippen LogP contribution in [0.4, 0.5) is 0 Å². The van der Waals surface area contributed by atoms with E-state index in [2.05, 4.69) is 9.71 Å². The van der Waals surface area contributed by atoms with Crippen molar-refractivity contribution in [3.8, 4) is 5.75 Å². The highest BCUT2D eigenvalue weighted by molar-refractivity contribution is 7.88. The number of methoxy groups -OCH3 is 1. The maximum Gasteiger partial charge on any atom is 0.344 e. The molecule has 0 unspecified atom stereocenters. The Labute approximate surface area is 148 Å². The van der Waals surface area contributed by atoms with Gasteiger partial charge in [-0.15, -0.1) is 4.40 Å². The van der Waals surface area contributed by atoms with Gasteiger partial charge in [-0.2, -0.15) is 8.42 Å². The Kier molecular flexibility index (Phi) is 5.84. The van der Waals surface area contributed by atoms with Gasteiger partial charge in [-0.1, -0.05) is 32.0 Å². The van der Waals surface area contributed by atoms with Crippen molar-refractivity contribution >= 4 is 21.8 Å². The van der Waals surface area contributed by atoms with E-state index in [1.807, 2.05) is 13.8 Å². The Hall–Kier alpha value is -2.35. The molecule has 1 heterocycles. The summed E-state index contributed by atoms with van der Waals surface area (Å²) in [5.41, 5.74) is 1.10. The minimum Gasteiger partial charge on any atom is -0.496 e. The van der Waals surface area contributed by atoms with Gasteiger partial charge in [0.25, 0.3) is 5.91 Å². The molecule has 0 aliphatic carbocycles. The lowest BCUT2D eigenvalue weighted by Crippen LogP contribution is -2.36. The summed E-state index contributed by atoms with van der Waals surface area (Å²) < 4.78 is 34.7. The van der Waals surface area contributed by atoms with E-state index in [-0.39, 0.29) is 23.7 Å². The first kappa shape index (κ1) is 19.0. The van der Waals surface area contributed by atoms with Crippen LogP contribution in [0, 0.1) is 5.92 Å². The molecule has 1 aromatic rings. The number of ether oxygens (including phenoxy) is 1. The fourth-order valence-corrected chi connectivity index (χ4v) is 3.41. The number of hydrogen-bond acceptors (Lipinski definition) is 4. The van der Waals surface area contributed by atoms with Crippen molar-refractivity contribution in [2.45, 2.75) is 27.3 Å². The number of carbonyl (C=O) groups excluding carboxylic acids is 1. The van der Waals surface area contributed by atoms with Crippen LogP contribution < -0.4 is 10.1 Å². The minimum atomic E-state index is -3.88. The predicted molar refractivity (Wildman–Crippen MR) is 96.5 cm³/mol. The largest absolute Gasteiger partial charge is 0.496 e. The zero-order valence-electron chi connectivity index (χ0n) is 14.8. The van der Waals surface area contributed by atoms with E-state index in [0.29, 0.717) is 23.8 Å². The van der Waals surface area contributed by atoms with Crippen molar-refractivity contribution in [2.24, 2.45) is 10.3 Å². The summed E-state index contributed by atoms with van der Waals surface area (Å²) in [7, 11) is -2.36.